The number of rotatable bonds is 4. The number of nitrogens with zero attached hydrogens (tertiary/aromatic N) is 4. The first-order chi connectivity index (χ1) is 11.8. The lowest BCUT2D eigenvalue weighted by atomic mass is 10.2. The molecule has 1 aliphatic heterocycles. The Kier molecular flexibility index (Phi) is 4.75. The maximum absolute atomic E-state index is 5.93. The van der Waals surface area contributed by atoms with Crippen LogP contribution in [-0.4, -0.2) is 34.9 Å². The van der Waals surface area contributed by atoms with Crippen molar-refractivity contribution in [2.24, 2.45) is 0 Å². The van der Waals surface area contributed by atoms with Gasteiger partial charge in [-0.25, -0.2) is 4.98 Å². The summed E-state index contributed by atoms with van der Waals surface area (Å²) in [5.41, 5.74) is 1.18. The molecule has 0 N–H and O–H groups in total. The van der Waals surface area contributed by atoms with Gasteiger partial charge in [-0.05, 0) is 17.7 Å². The first kappa shape index (κ1) is 16.0. The molecule has 0 aliphatic carbocycles. The zero-order chi connectivity index (χ0) is 16.4. The molecule has 24 heavy (non-hydrogen) atoms. The van der Waals surface area contributed by atoms with Crippen LogP contribution in [0.1, 0.15) is 21.7 Å². The number of benzene rings is 1. The van der Waals surface area contributed by atoms with Crippen molar-refractivity contribution >= 4 is 39.4 Å². The van der Waals surface area contributed by atoms with Crippen LogP contribution in [0.15, 0.2) is 35.8 Å². The molecule has 1 atom stereocenters. The van der Waals surface area contributed by atoms with Crippen molar-refractivity contribution in [2.75, 3.05) is 24.6 Å². The fourth-order valence-electron chi connectivity index (χ4n) is 2.59. The molecule has 0 spiro atoms. The van der Waals surface area contributed by atoms with E-state index < -0.39 is 0 Å². The Balaban J connectivity index is 1.45. The number of morpholine rings is 1. The van der Waals surface area contributed by atoms with Gasteiger partial charge in [0.2, 0.25) is 5.13 Å². The predicted octanol–water partition coefficient (Wildman–Crippen LogP) is 3.82. The summed E-state index contributed by atoms with van der Waals surface area (Å²) in [6.07, 6.45) is 2.61. The van der Waals surface area contributed by atoms with Gasteiger partial charge in [-0.15, -0.1) is 21.5 Å². The minimum Gasteiger partial charge on any atom is -0.367 e. The quantitative estimate of drug-likeness (QED) is 0.690. The summed E-state index contributed by atoms with van der Waals surface area (Å²) in [6.45, 7) is 2.27. The molecular weight excluding hydrogens is 364 g/mol. The SMILES string of the molecule is Clc1ccc(Cc2nnc(N3CCOC(c4nccs4)C3)s2)cc1. The van der Waals surface area contributed by atoms with Gasteiger partial charge in [0.25, 0.3) is 0 Å². The number of aromatic nitrogens is 3. The summed E-state index contributed by atoms with van der Waals surface area (Å²) in [6, 6.07) is 7.85. The molecule has 0 saturated carbocycles. The molecule has 5 nitrogen and oxygen atoms in total. The van der Waals surface area contributed by atoms with Gasteiger partial charge in [-0.3, -0.25) is 0 Å². The van der Waals surface area contributed by atoms with Gasteiger partial charge in [0, 0.05) is 29.6 Å². The summed E-state index contributed by atoms with van der Waals surface area (Å²) in [4.78, 5) is 6.59. The molecule has 3 aromatic rings. The van der Waals surface area contributed by atoms with Crippen molar-refractivity contribution < 1.29 is 4.74 Å². The second kappa shape index (κ2) is 7.14. The molecule has 0 amide bonds. The lowest BCUT2D eigenvalue weighted by Crippen LogP contribution is -2.38. The molecule has 1 fully saturated rings. The van der Waals surface area contributed by atoms with E-state index in [1.807, 2.05) is 35.8 Å². The number of halogens is 1. The fourth-order valence-corrected chi connectivity index (χ4v) is 4.30. The molecule has 0 radical (unpaired) electrons. The van der Waals surface area contributed by atoms with Crippen molar-refractivity contribution in [2.45, 2.75) is 12.5 Å². The van der Waals surface area contributed by atoms with Crippen LogP contribution >= 0.6 is 34.3 Å². The van der Waals surface area contributed by atoms with E-state index in [1.54, 1.807) is 22.7 Å². The summed E-state index contributed by atoms with van der Waals surface area (Å²) in [5, 5.41) is 14.4. The number of hydrogen-bond acceptors (Lipinski definition) is 7. The first-order valence-corrected chi connectivity index (χ1v) is 9.68. The molecule has 124 valence electrons. The zero-order valence-electron chi connectivity index (χ0n) is 12.8. The van der Waals surface area contributed by atoms with Gasteiger partial charge in [-0.1, -0.05) is 35.1 Å². The maximum atomic E-state index is 5.93. The second-order valence-corrected chi connectivity index (χ2v) is 7.86. The lowest BCUT2D eigenvalue weighted by Gasteiger charge is -2.31. The standard InChI is InChI=1S/C16H15ClN4OS2/c17-12-3-1-11(2-4-12)9-14-19-20-16(24-14)21-6-7-22-13(10-21)15-18-5-8-23-15/h1-5,8,13H,6-7,9-10H2. The molecule has 1 unspecified atom stereocenters. The minimum atomic E-state index is 0.0161. The largest absolute Gasteiger partial charge is 0.367 e. The normalized spacial score (nSPS) is 18.0. The number of hydrogen-bond donors (Lipinski definition) is 0. The van der Waals surface area contributed by atoms with Gasteiger partial charge in [0.05, 0.1) is 13.2 Å². The lowest BCUT2D eigenvalue weighted by molar-refractivity contribution is 0.0396. The highest BCUT2D eigenvalue weighted by Crippen LogP contribution is 2.29. The monoisotopic (exact) mass is 378 g/mol. The Hall–Kier alpha value is -1.54. The first-order valence-electron chi connectivity index (χ1n) is 7.61. The highest BCUT2D eigenvalue weighted by atomic mass is 35.5. The molecular formula is C16H15ClN4OS2. The van der Waals surface area contributed by atoms with E-state index in [1.165, 1.54) is 5.56 Å². The topological polar surface area (TPSA) is 51.1 Å². The molecule has 4 rings (SSSR count). The second-order valence-electron chi connectivity index (χ2n) is 5.46. The van der Waals surface area contributed by atoms with Gasteiger partial charge >= 0.3 is 0 Å². The average Bonchev–Trinajstić information content (AvgIpc) is 3.29. The van der Waals surface area contributed by atoms with Gasteiger partial charge in [-0.2, -0.15) is 0 Å². The summed E-state index contributed by atoms with van der Waals surface area (Å²) >= 11 is 9.19. The van der Waals surface area contributed by atoms with Crippen LogP contribution in [0.3, 0.4) is 0 Å². The highest BCUT2D eigenvalue weighted by molar-refractivity contribution is 7.15. The van der Waals surface area contributed by atoms with E-state index in [2.05, 4.69) is 20.1 Å². The van der Waals surface area contributed by atoms with E-state index in [0.29, 0.717) is 6.61 Å². The third kappa shape index (κ3) is 3.59. The summed E-state index contributed by atoms with van der Waals surface area (Å²) < 4.78 is 5.84. The van der Waals surface area contributed by atoms with Crippen molar-refractivity contribution in [1.82, 2.24) is 15.2 Å². The van der Waals surface area contributed by atoms with Crippen LogP contribution in [0.4, 0.5) is 5.13 Å². The summed E-state index contributed by atoms with van der Waals surface area (Å²) in [7, 11) is 0. The molecule has 2 aromatic heterocycles. The van der Waals surface area contributed by atoms with Crippen LogP contribution in [0.5, 0.6) is 0 Å². The molecule has 3 heterocycles. The van der Waals surface area contributed by atoms with Crippen LogP contribution < -0.4 is 4.90 Å². The Morgan fingerprint density at radius 3 is 2.92 bits per heavy atom. The zero-order valence-corrected chi connectivity index (χ0v) is 15.2. The fraction of sp³-hybridized carbons (Fsp3) is 0.312. The third-order valence-corrected chi connectivity index (χ3v) is 5.89. The highest BCUT2D eigenvalue weighted by Gasteiger charge is 2.26. The van der Waals surface area contributed by atoms with E-state index in [-0.39, 0.29) is 6.10 Å². The van der Waals surface area contributed by atoms with Gasteiger partial charge < -0.3 is 9.64 Å². The average molecular weight is 379 g/mol. The van der Waals surface area contributed by atoms with E-state index in [9.17, 15) is 0 Å². The minimum absolute atomic E-state index is 0.0161. The Labute approximate surface area is 152 Å². The summed E-state index contributed by atoms with van der Waals surface area (Å²) in [5.74, 6) is 0. The maximum Gasteiger partial charge on any atom is 0.208 e. The molecule has 0 bridgehead atoms. The molecule has 1 aromatic carbocycles. The predicted molar refractivity (Wildman–Crippen MR) is 97.2 cm³/mol. The van der Waals surface area contributed by atoms with Gasteiger partial charge in [0.1, 0.15) is 16.1 Å². The van der Waals surface area contributed by atoms with Crippen molar-refractivity contribution in [3.05, 3.63) is 56.4 Å². The van der Waals surface area contributed by atoms with Crippen LogP contribution in [0, 0.1) is 0 Å². The third-order valence-electron chi connectivity index (χ3n) is 3.79. The Morgan fingerprint density at radius 2 is 2.12 bits per heavy atom. The smallest absolute Gasteiger partial charge is 0.208 e. The number of thiazole rings is 1. The Bertz CT molecular complexity index is 791. The van der Waals surface area contributed by atoms with Crippen LogP contribution in [-0.2, 0) is 11.2 Å². The van der Waals surface area contributed by atoms with E-state index in [4.69, 9.17) is 16.3 Å². The van der Waals surface area contributed by atoms with Crippen molar-refractivity contribution in [1.29, 1.82) is 0 Å². The van der Waals surface area contributed by atoms with Gasteiger partial charge in [0.15, 0.2) is 0 Å². The van der Waals surface area contributed by atoms with Crippen LogP contribution in [0.25, 0.3) is 0 Å². The van der Waals surface area contributed by atoms with E-state index in [0.717, 1.165) is 39.7 Å². The number of ether oxygens (including phenoxy) is 1. The molecule has 8 heteroatoms. The molecule has 1 saturated heterocycles. The van der Waals surface area contributed by atoms with E-state index >= 15 is 0 Å². The van der Waals surface area contributed by atoms with Crippen LogP contribution in [0.2, 0.25) is 5.02 Å². The van der Waals surface area contributed by atoms with Crippen molar-refractivity contribution in [3.63, 3.8) is 0 Å². The number of anilines is 1. The molecule has 1 aliphatic rings. The van der Waals surface area contributed by atoms with Crippen molar-refractivity contribution in [3.8, 4) is 0 Å². The Morgan fingerprint density at radius 1 is 1.25 bits per heavy atom.